The maximum absolute atomic E-state index is 11.8. The summed E-state index contributed by atoms with van der Waals surface area (Å²) in [6, 6.07) is 3.79. The number of carbonyl (C=O) groups excluding carboxylic acids is 1. The van der Waals surface area contributed by atoms with Crippen LogP contribution in [0.3, 0.4) is 0 Å². The molecule has 0 aromatic carbocycles. The number of anilines is 3. The molecule has 0 spiro atoms. The first-order valence-electron chi connectivity index (χ1n) is 12.8. The highest BCUT2D eigenvalue weighted by Gasteiger charge is 2.25. The molecule has 3 aromatic rings. The normalized spacial score (nSPS) is 19.9. The fraction of sp³-hybridized carbons (Fsp3) is 0.480. The predicted octanol–water partition coefficient (Wildman–Crippen LogP) is 2.01. The molecule has 0 unspecified atom stereocenters. The second-order valence-electron chi connectivity index (χ2n) is 9.51. The number of pyridine rings is 2. The monoisotopic (exact) mass is 557 g/mol. The first-order chi connectivity index (χ1) is 18.9. The quantitative estimate of drug-likeness (QED) is 0.350. The zero-order valence-corrected chi connectivity index (χ0v) is 22.4. The number of aldehydes is 1. The first kappa shape index (κ1) is 26.8. The minimum atomic E-state index is -3.46. The largest absolute Gasteiger partial charge is 0.483 e. The molecule has 0 radical (unpaired) electrons. The van der Waals surface area contributed by atoms with Gasteiger partial charge in [0.2, 0.25) is 21.9 Å². The number of rotatable bonds is 10. The summed E-state index contributed by atoms with van der Waals surface area (Å²) in [5.74, 6) is 2.13. The van der Waals surface area contributed by atoms with Crippen molar-refractivity contribution in [3.05, 3.63) is 30.7 Å². The minimum Gasteiger partial charge on any atom is -0.483 e. The van der Waals surface area contributed by atoms with Crippen LogP contribution in [-0.2, 0) is 19.6 Å². The number of aromatic nitrogens is 4. The zero-order valence-electron chi connectivity index (χ0n) is 21.6. The number of fused-ring (bicyclic) bond motifs is 1. The van der Waals surface area contributed by atoms with Crippen molar-refractivity contribution in [2.75, 3.05) is 54.1 Å². The smallest absolute Gasteiger partial charge is 0.229 e. The van der Waals surface area contributed by atoms with Crippen molar-refractivity contribution in [1.82, 2.24) is 19.9 Å². The number of nitrogens with zero attached hydrogens (tertiary/aromatic N) is 5. The van der Waals surface area contributed by atoms with E-state index in [0.29, 0.717) is 66.8 Å². The molecule has 1 aliphatic heterocycles. The molecule has 14 heteroatoms. The summed E-state index contributed by atoms with van der Waals surface area (Å²) in [6.45, 7) is 2.64. The van der Waals surface area contributed by atoms with Crippen molar-refractivity contribution in [2.24, 2.45) is 0 Å². The van der Waals surface area contributed by atoms with Crippen LogP contribution in [0, 0.1) is 0 Å². The molecule has 0 atom stereocenters. The highest BCUT2D eigenvalue weighted by Crippen LogP contribution is 2.33. The summed E-state index contributed by atoms with van der Waals surface area (Å²) < 4.78 is 43.2. The number of ether oxygens (including phenoxy) is 3. The van der Waals surface area contributed by atoms with Crippen molar-refractivity contribution in [1.29, 1.82) is 0 Å². The van der Waals surface area contributed by atoms with Crippen LogP contribution in [0.1, 0.15) is 25.7 Å². The van der Waals surface area contributed by atoms with Gasteiger partial charge in [0.05, 0.1) is 54.7 Å². The molecule has 5 rings (SSSR count). The van der Waals surface area contributed by atoms with Gasteiger partial charge in [-0.15, -0.1) is 0 Å². The van der Waals surface area contributed by atoms with Crippen LogP contribution >= 0.6 is 0 Å². The third-order valence-corrected chi connectivity index (χ3v) is 7.11. The first-order valence-corrected chi connectivity index (χ1v) is 14.7. The standard InChI is InChI=1S/C25H31N7O6S/c1-39(34,35)31-18-12-21-22(26-14-18)13-23(32-6-9-36-10-7-32)30-24(21)38-19-4-2-17(3-5-19)29-25-27-15-20(16-28-25)37-11-8-33/h8,12-17,19,31H,2-7,9-11H2,1H3,(H,27,28,29)/t17-,19+. The number of hydrogen-bond donors (Lipinski definition) is 2. The average molecular weight is 558 g/mol. The Morgan fingerprint density at radius 1 is 1.08 bits per heavy atom. The lowest BCUT2D eigenvalue weighted by atomic mass is 9.93. The molecule has 0 bridgehead atoms. The van der Waals surface area contributed by atoms with Crippen molar-refractivity contribution in [2.45, 2.75) is 37.8 Å². The molecule has 1 aliphatic carbocycles. The Bertz CT molecular complexity index is 1390. The molecule has 1 saturated heterocycles. The van der Waals surface area contributed by atoms with E-state index >= 15 is 0 Å². The molecule has 1 saturated carbocycles. The van der Waals surface area contributed by atoms with E-state index in [1.54, 1.807) is 6.07 Å². The molecule has 3 aromatic heterocycles. The Kier molecular flexibility index (Phi) is 8.21. The minimum absolute atomic E-state index is 0.0365. The second-order valence-corrected chi connectivity index (χ2v) is 11.3. The number of morpholine rings is 1. The lowest BCUT2D eigenvalue weighted by molar-refractivity contribution is -0.109. The van der Waals surface area contributed by atoms with E-state index in [0.717, 1.165) is 37.8 Å². The summed E-state index contributed by atoms with van der Waals surface area (Å²) in [5, 5.41) is 3.99. The molecule has 13 nitrogen and oxygen atoms in total. The van der Waals surface area contributed by atoms with Gasteiger partial charge in [-0.25, -0.2) is 18.4 Å². The highest BCUT2D eigenvalue weighted by molar-refractivity contribution is 7.92. The van der Waals surface area contributed by atoms with Crippen LogP contribution < -0.4 is 24.4 Å². The van der Waals surface area contributed by atoms with E-state index in [-0.39, 0.29) is 18.8 Å². The zero-order chi connectivity index (χ0) is 27.2. The van der Waals surface area contributed by atoms with Gasteiger partial charge in [0.1, 0.15) is 18.5 Å². The van der Waals surface area contributed by atoms with Gasteiger partial charge in [-0.2, -0.15) is 4.98 Å². The third kappa shape index (κ3) is 7.20. The number of nitrogens with one attached hydrogen (secondary N) is 2. The molecule has 39 heavy (non-hydrogen) atoms. The number of sulfonamides is 1. The fourth-order valence-corrected chi connectivity index (χ4v) is 5.20. The van der Waals surface area contributed by atoms with Crippen molar-refractivity contribution in [3.8, 4) is 11.6 Å². The molecule has 0 amide bonds. The highest BCUT2D eigenvalue weighted by atomic mass is 32.2. The van der Waals surface area contributed by atoms with Gasteiger partial charge in [-0.3, -0.25) is 14.5 Å². The van der Waals surface area contributed by atoms with Crippen LogP contribution in [0.2, 0.25) is 0 Å². The molecule has 2 fully saturated rings. The van der Waals surface area contributed by atoms with E-state index in [9.17, 15) is 13.2 Å². The summed E-state index contributed by atoms with van der Waals surface area (Å²) >= 11 is 0. The molecular formula is C25H31N7O6S. The van der Waals surface area contributed by atoms with E-state index in [4.69, 9.17) is 19.2 Å². The Morgan fingerprint density at radius 3 is 2.51 bits per heavy atom. The molecular weight excluding hydrogens is 526 g/mol. The van der Waals surface area contributed by atoms with Crippen LogP contribution in [0.4, 0.5) is 17.5 Å². The predicted molar refractivity (Wildman–Crippen MR) is 145 cm³/mol. The molecule has 208 valence electrons. The molecule has 2 N–H and O–H groups in total. The third-order valence-electron chi connectivity index (χ3n) is 6.50. The van der Waals surface area contributed by atoms with Crippen LogP contribution in [0.5, 0.6) is 11.6 Å². The molecule has 4 heterocycles. The topological polar surface area (TPSA) is 158 Å². The van der Waals surface area contributed by atoms with Crippen LogP contribution in [0.15, 0.2) is 30.7 Å². The summed E-state index contributed by atoms with van der Waals surface area (Å²) in [4.78, 5) is 30.4. The number of carbonyl (C=O) groups is 1. The van der Waals surface area contributed by atoms with Gasteiger partial charge >= 0.3 is 0 Å². The van der Waals surface area contributed by atoms with E-state index in [1.165, 1.54) is 18.6 Å². The van der Waals surface area contributed by atoms with Crippen LogP contribution in [0.25, 0.3) is 10.9 Å². The molecule has 2 aliphatic rings. The van der Waals surface area contributed by atoms with Gasteiger partial charge in [0.15, 0.2) is 12.0 Å². The Balaban J connectivity index is 1.29. The lowest BCUT2D eigenvalue weighted by Crippen LogP contribution is -2.37. The van der Waals surface area contributed by atoms with Crippen molar-refractivity contribution >= 4 is 44.7 Å². The van der Waals surface area contributed by atoms with Gasteiger partial charge in [-0.1, -0.05) is 0 Å². The van der Waals surface area contributed by atoms with Gasteiger partial charge in [-0.05, 0) is 31.7 Å². The maximum atomic E-state index is 11.8. The Labute approximate surface area is 226 Å². The van der Waals surface area contributed by atoms with Crippen LogP contribution in [-0.4, -0.2) is 86.0 Å². The summed E-state index contributed by atoms with van der Waals surface area (Å²) in [5.41, 5.74) is 1.03. The van der Waals surface area contributed by atoms with Gasteiger partial charge < -0.3 is 24.4 Å². The summed E-state index contributed by atoms with van der Waals surface area (Å²) in [6.07, 6.45) is 9.54. The van der Waals surface area contributed by atoms with Crippen molar-refractivity contribution in [3.63, 3.8) is 0 Å². The Hall–Kier alpha value is -3.78. The van der Waals surface area contributed by atoms with E-state index < -0.39 is 10.0 Å². The van der Waals surface area contributed by atoms with E-state index in [2.05, 4.69) is 29.9 Å². The fourth-order valence-electron chi connectivity index (χ4n) is 4.66. The lowest BCUT2D eigenvalue weighted by Gasteiger charge is -2.31. The second kappa shape index (κ2) is 11.9. The number of hydrogen-bond acceptors (Lipinski definition) is 12. The van der Waals surface area contributed by atoms with E-state index in [1.807, 2.05) is 6.07 Å². The Morgan fingerprint density at radius 2 is 1.82 bits per heavy atom. The average Bonchev–Trinajstić information content (AvgIpc) is 2.93. The van der Waals surface area contributed by atoms with Gasteiger partial charge in [0, 0.05) is 25.2 Å². The maximum Gasteiger partial charge on any atom is 0.229 e. The SMILES string of the molecule is CS(=O)(=O)Nc1cnc2cc(N3CCOCC3)nc(O[C@H]3CC[C@@H](Nc4ncc(OCC=O)cn4)CC3)c2c1. The van der Waals surface area contributed by atoms with Gasteiger partial charge in [0.25, 0.3) is 0 Å². The van der Waals surface area contributed by atoms with Crippen molar-refractivity contribution < 1.29 is 27.4 Å². The summed E-state index contributed by atoms with van der Waals surface area (Å²) in [7, 11) is -3.46.